The van der Waals surface area contributed by atoms with Crippen molar-refractivity contribution >= 4 is 15.7 Å². The number of amides is 1. The van der Waals surface area contributed by atoms with Crippen LogP contribution in [0.3, 0.4) is 0 Å². The summed E-state index contributed by atoms with van der Waals surface area (Å²) in [6.45, 7) is 5.58. The molecule has 1 N–H and O–H groups in total. The molecule has 2 atom stereocenters. The van der Waals surface area contributed by atoms with E-state index in [1.807, 2.05) is 38.1 Å². The van der Waals surface area contributed by atoms with Gasteiger partial charge in [0, 0.05) is 5.92 Å². The van der Waals surface area contributed by atoms with Gasteiger partial charge in [-0.3, -0.25) is 4.79 Å². The Bertz CT molecular complexity index is 881. The predicted molar refractivity (Wildman–Crippen MR) is 102 cm³/mol. The average molecular weight is 393 g/mol. The second-order valence-electron chi connectivity index (χ2n) is 6.63. The summed E-state index contributed by atoms with van der Waals surface area (Å²) in [5.41, 5.74) is 1.07. The zero-order valence-electron chi connectivity index (χ0n) is 15.6. The largest absolute Gasteiger partial charge is 0.489 e. The van der Waals surface area contributed by atoms with Crippen molar-refractivity contribution in [1.82, 2.24) is 5.32 Å². The fraction of sp³-hybridized carbons (Fsp3) is 0.350. The minimum absolute atomic E-state index is 0.000279. The van der Waals surface area contributed by atoms with Crippen LogP contribution in [0.5, 0.6) is 5.75 Å². The fourth-order valence-electron chi connectivity index (χ4n) is 2.52. The lowest BCUT2D eigenvalue weighted by Crippen LogP contribution is -2.38. The molecule has 0 heterocycles. The summed E-state index contributed by atoms with van der Waals surface area (Å²) < 4.78 is 43.4. The van der Waals surface area contributed by atoms with Crippen LogP contribution in [0.2, 0.25) is 0 Å². The minimum Gasteiger partial charge on any atom is -0.489 e. The topological polar surface area (TPSA) is 72.5 Å². The van der Waals surface area contributed by atoms with Crippen LogP contribution in [0.25, 0.3) is 0 Å². The van der Waals surface area contributed by atoms with Crippen molar-refractivity contribution in [3.8, 4) is 5.75 Å². The molecule has 2 aromatic rings. The molecule has 0 bridgehead atoms. The molecular weight excluding hydrogens is 369 g/mol. The normalized spacial score (nSPS) is 13.6. The lowest BCUT2D eigenvalue weighted by atomic mass is 10.2. The van der Waals surface area contributed by atoms with Gasteiger partial charge in [0.15, 0.2) is 9.84 Å². The number of benzene rings is 2. The number of aryl methyl sites for hydroxylation is 1. The Morgan fingerprint density at radius 3 is 2.44 bits per heavy atom. The second-order valence-corrected chi connectivity index (χ2v) is 8.66. The lowest BCUT2D eigenvalue weighted by molar-refractivity contribution is -0.124. The van der Waals surface area contributed by atoms with Crippen molar-refractivity contribution < 1.29 is 22.3 Å². The van der Waals surface area contributed by atoms with E-state index in [2.05, 4.69) is 5.32 Å². The molecule has 0 saturated heterocycles. The molecule has 5 nitrogen and oxygen atoms in total. The third-order valence-electron chi connectivity index (χ3n) is 3.98. The average Bonchev–Trinajstić information content (AvgIpc) is 2.59. The predicted octanol–water partition coefficient (Wildman–Crippen LogP) is 3.13. The number of ether oxygens (including phenoxy) is 1. The molecule has 0 aromatic heterocycles. The van der Waals surface area contributed by atoms with Crippen molar-refractivity contribution in [1.29, 1.82) is 0 Å². The summed E-state index contributed by atoms with van der Waals surface area (Å²) in [4.78, 5) is 12.2. The zero-order chi connectivity index (χ0) is 20.0. The van der Waals surface area contributed by atoms with Gasteiger partial charge < -0.3 is 10.1 Å². The Labute approximate surface area is 159 Å². The molecule has 2 unspecified atom stereocenters. The van der Waals surface area contributed by atoms with Crippen LogP contribution in [-0.2, 0) is 14.6 Å². The third-order valence-corrected chi connectivity index (χ3v) is 5.91. The standard InChI is InChI=1S/C20H24FNO4S/c1-14-5-4-6-18(11-14)26-16(3)12-22-20(23)15(2)13-27(24,25)19-9-7-17(21)8-10-19/h4-11,15-16H,12-13H2,1-3H3,(H,22,23). The van der Waals surface area contributed by atoms with Crippen LogP contribution >= 0.6 is 0 Å². The van der Waals surface area contributed by atoms with Crippen LogP contribution in [0, 0.1) is 18.7 Å². The van der Waals surface area contributed by atoms with E-state index in [0.717, 1.165) is 17.7 Å². The van der Waals surface area contributed by atoms with Crippen molar-refractivity contribution in [2.24, 2.45) is 5.92 Å². The molecule has 0 spiro atoms. The molecule has 2 rings (SSSR count). The van der Waals surface area contributed by atoms with E-state index < -0.39 is 21.6 Å². The number of nitrogens with one attached hydrogen (secondary N) is 1. The van der Waals surface area contributed by atoms with Crippen molar-refractivity contribution in [2.45, 2.75) is 31.8 Å². The van der Waals surface area contributed by atoms with Crippen LogP contribution < -0.4 is 10.1 Å². The van der Waals surface area contributed by atoms with Gasteiger partial charge in [-0.15, -0.1) is 0 Å². The van der Waals surface area contributed by atoms with E-state index in [-0.39, 0.29) is 29.2 Å². The molecule has 0 fully saturated rings. The molecule has 1 amide bonds. The number of sulfone groups is 1. The Balaban J connectivity index is 1.86. The van der Waals surface area contributed by atoms with Gasteiger partial charge in [-0.1, -0.05) is 19.1 Å². The summed E-state index contributed by atoms with van der Waals surface area (Å²) in [7, 11) is -3.67. The number of hydrogen-bond donors (Lipinski definition) is 1. The van der Waals surface area contributed by atoms with Crippen molar-refractivity contribution in [3.63, 3.8) is 0 Å². The lowest BCUT2D eigenvalue weighted by Gasteiger charge is -2.18. The molecule has 27 heavy (non-hydrogen) atoms. The SMILES string of the molecule is Cc1cccc(OC(C)CNC(=O)C(C)CS(=O)(=O)c2ccc(F)cc2)c1. The molecule has 2 aromatic carbocycles. The number of carbonyl (C=O) groups excluding carboxylic acids is 1. The molecule has 7 heteroatoms. The molecule has 0 saturated carbocycles. The number of hydrogen-bond acceptors (Lipinski definition) is 4. The first-order valence-corrected chi connectivity index (χ1v) is 10.3. The third kappa shape index (κ3) is 6.36. The zero-order valence-corrected chi connectivity index (χ0v) is 16.4. The second kappa shape index (κ2) is 8.99. The highest BCUT2D eigenvalue weighted by Gasteiger charge is 2.23. The van der Waals surface area contributed by atoms with Crippen LogP contribution in [-0.4, -0.2) is 32.7 Å². The quantitative estimate of drug-likeness (QED) is 0.700. The Hall–Kier alpha value is -2.41. The van der Waals surface area contributed by atoms with Gasteiger partial charge in [-0.05, 0) is 55.8 Å². The smallest absolute Gasteiger partial charge is 0.223 e. The van der Waals surface area contributed by atoms with Crippen molar-refractivity contribution in [3.05, 3.63) is 59.9 Å². The molecule has 0 radical (unpaired) electrons. The highest BCUT2D eigenvalue weighted by molar-refractivity contribution is 7.91. The summed E-state index contributed by atoms with van der Waals surface area (Å²) in [5, 5.41) is 2.71. The fourth-order valence-corrected chi connectivity index (χ4v) is 4.08. The van der Waals surface area contributed by atoms with Crippen LogP contribution in [0.1, 0.15) is 19.4 Å². The molecule has 146 valence electrons. The highest BCUT2D eigenvalue weighted by Crippen LogP contribution is 2.16. The van der Waals surface area contributed by atoms with E-state index >= 15 is 0 Å². The number of carbonyl (C=O) groups is 1. The summed E-state index contributed by atoms with van der Waals surface area (Å²) in [5.74, 6) is -1.27. The van der Waals surface area contributed by atoms with Gasteiger partial charge in [0.2, 0.25) is 5.91 Å². The first kappa shape index (κ1) is 20.9. The summed E-state index contributed by atoms with van der Waals surface area (Å²) >= 11 is 0. The first-order chi connectivity index (χ1) is 12.7. The van der Waals surface area contributed by atoms with Gasteiger partial charge in [0.1, 0.15) is 17.7 Å². The Morgan fingerprint density at radius 1 is 1.15 bits per heavy atom. The first-order valence-electron chi connectivity index (χ1n) is 8.67. The van der Waals surface area contributed by atoms with Crippen LogP contribution in [0.4, 0.5) is 4.39 Å². The summed E-state index contributed by atoms with van der Waals surface area (Å²) in [6.07, 6.45) is -0.267. The van der Waals surface area contributed by atoms with Gasteiger partial charge in [0.05, 0.1) is 17.2 Å². The van der Waals surface area contributed by atoms with E-state index in [1.54, 1.807) is 6.92 Å². The number of halogens is 1. The molecule has 0 aliphatic carbocycles. The highest BCUT2D eigenvalue weighted by atomic mass is 32.2. The van der Waals surface area contributed by atoms with E-state index in [4.69, 9.17) is 4.74 Å². The number of rotatable bonds is 8. The minimum atomic E-state index is -3.67. The van der Waals surface area contributed by atoms with Crippen LogP contribution in [0.15, 0.2) is 53.4 Å². The van der Waals surface area contributed by atoms with E-state index in [9.17, 15) is 17.6 Å². The van der Waals surface area contributed by atoms with Crippen molar-refractivity contribution in [2.75, 3.05) is 12.3 Å². The Kier molecular flexibility index (Phi) is 6.96. The maximum absolute atomic E-state index is 12.9. The molecular formula is C20H24FNO4S. The monoisotopic (exact) mass is 393 g/mol. The molecule has 0 aliphatic heterocycles. The molecule has 0 aliphatic rings. The van der Waals surface area contributed by atoms with Gasteiger partial charge in [-0.25, -0.2) is 12.8 Å². The van der Waals surface area contributed by atoms with Gasteiger partial charge >= 0.3 is 0 Å². The van der Waals surface area contributed by atoms with Gasteiger partial charge in [-0.2, -0.15) is 0 Å². The maximum Gasteiger partial charge on any atom is 0.223 e. The Morgan fingerprint density at radius 2 is 1.81 bits per heavy atom. The summed E-state index contributed by atoms with van der Waals surface area (Å²) in [6, 6.07) is 12.2. The van der Waals surface area contributed by atoms with E-state index in [1.165, 1.54) is 12.1 Å². The van der Waals surface area contributed by atoms with E-state index in [0.29, 0.717) is 5.75 Å². The maximum atomic E-state index is 12.9. The van der Waals surface area contributed by atoms with Gasteiger partial charge in [0.25, 0.3) is 0 Å².